The normalized spacial score (nSPS) is 10.1. The number of carbonyl (C=O) groups is 1. The molecule has 0 aliphatic rings. The topological polar surface area (TPSA) is 80.4 Å². The number of carboxylic acid groups (broad SMARTS) is 1. The number of nitro benzene ring substituents is 1. The Balaban J connectivity index is 3.63. The highest BCUT2D eigenvalue weighted by atomic mass is 19.2. The van der Waals surface area contributed by atoms with Crippen LogP contribution < -0.4 is 0 Å². The zero-order valence-electron chi connectivity index (χ0n) is 6.83. The van der Waals surface area contributed by atoms with Crippen molar-refractivity contribution < 1.29 is 28.0 Å². The number of carboxylic acids is 1. The molecule has 0 radical (unpaired) electrons. The molecule has 0 spiro atoms. The van der Waals surface area contributed by atoms with Crippen molar-refractivity contribution in [1.82, 2.24) is 0 Å². The molecule has 0 atom stereocenters. The van der Waals surface area contributed by atoms with Crippen LogP contribution in [0.5, 0.6) is 0 Å². The summed E-state index contributed by atoms with van der Waals surface area (Å²) < 4.78 is 38.3. The molecule has 15 heavy (non-hydrogen) atoms. The fourth-order valence-corrected chi connectivity index (χ4v) is 0.906. The second-order valence-electron chi connectivity index (χ2n) is 2.44. The highest BCUT2D eigenvalue weighted by molar-refractivity contribution is 5.88. The van der Waals surface area contributed by atoms with Gasteiger partial charge in [-0.05, 0) is 6.07 Å². The van der Waals surface area contributed by atoms with Crippen molar-refractivity contribution in [3.8, 4) is 0 Å². The lowest BCUT2D eigenvalue weighted by atomic mass is 10.1. The number of hydrogen-bond donors (Lipinski definition) is 1. The van der Waals surface area contributed by atoms with Gasteiger partial charge in [-0.2, -0.15) is 8.78 Å². The summed E-state index contributed by atoms with van der Waals surface area (Å²) in [6.45, 7) is 0. The molecule has 1 aromatic carbocycles. The van der Waals surface area contributed by atoms with Crippen LogP contribution in [0.3, 0.4) is 0 Å². The van der Waals surface area contributed by atoms with E-state index in [2.05, 4.69) is 0 Å². The Morgan fingerprint density at radius 1 is 1.33 bits per heavy atom. The minimum absolute atomic E-state index is 0.0417. The molecule has 0 amide bonds. The fourth-order valence-electron chi connectivity index (χ4n) is 0.906. The van der Waals surface area contributed by atoms with Crippen LogP contribution >= 0.6 is 0 Å². The lowest BCUT2D eigenvalue weighted by molar-refractivity contribution is -0.390. The Morgan fingerprint density at radius 2 is 1.87 bits per heavy atom. The summed E-state index contributed by atoms with van der Waals surface area (Å²) in [7, 11) is 0. The molecule has 5 nitrogen and oxygen atoms in total. The van der Waals surface area contributed by atoms with Gasteiger partial charge in [0.15, 0.2) is 5.82 Å². The largest absolute Gasteiger partial charge is 0.478 e. The highest BCUT2D eigenvalue weighted by Gasteiger charge is 2.30. The summed E-state index contributed by atoms with van der Waals surface area (Å²) in [5, 5.41) is 18.5. The number of nitrogens with zero attached hydrogens (tertiary/aromatic N) is 1. The van der Waals surface area contributed by atoms with E-state index in [1.165, 1.54) is 0 Å². The number of benzene rings is 1. The maximum absolute atomic E-state index is 13.0. The van der Waals surface area contributed by atoms with Crippen LogP contribution in [0.2, 0.25) is 0 Å². The van der Waals surface area contributed by atoms with E-state index in [0.717, 1.165) is 0 Å². The zero-order chi connectivity index (χ0) is 11.7. The average Bonchev–Trinajstić information content (AvgIpc) is 2.10. The number of hydrogen-bond acceptors (Lipinski definition) is 3. The van der Waals surface area contributed by atoms with Gasteiger partial charge < -0.3 is 5.11 Å². The second-order valence-corrected chi connectivity index (χ2v) is 2.44. The van der Waals surface area contributed by atoms with Gasteiger partial charge in [0.1, 0.15) is 5.56 Å². The molecule has 0 aromatic heterocycles. The summed E-state index contributed by atoms with van der Waals surface area (Å²) >= 11 is 0. The van der Waals surface area contributed by atoms with Crippen molar-refractivity contribution in [2.45, 2.75) is 0 Å². The summed E-state index contributed by atoms with van der Waals surface area (Å²) in [5.74, 6) is -7.65. The third-order valence-corrected chi connectivity index (χ3v) is 1.55. The third-order valence-electron chi connectivity index (χ3n) is 1.55. The van der Waals surface area contributed by atoms with E-state index >= 15 is 0 Å². The maximum Gasteiger partial charge on any atom is 0.344 e. The maximum atomic E-state index is 13.0. The van der Waals surface area contributed by atoms with Gasteiger partial charge in [0, 0.05) is 0 Å². The van der Waals surface area contributed by atoms with E-state index in [4.69, 9.17) is 5.11 Å². The predicted octanol–water partition coefficient (Wildman–Crippen LogP) is 1.71. The molecule has 0 unspecified atom stereocenters. The van der Waals surface area contributed by atoms with Crippen molar-refractivity contribution in [3.63, 3.8) is 0 Å². The first kappa shape index (κ1) is 11.0. The SMILES string of the molecule is O=C(O)c1cc(F)c(F)c([N+](=O)[O-])c1F. The van der Waals surface area contributed by atoms with E-state index in [9.17, 15) is 28.1 Å². The van der Waals surface area contributed by atoms with Gasteiger partial charge in [0.05, 0.1) is 4.92 Å². The van der Waals surface area contributed by atoms with Crippen molar-refractivity contribution in [3.05, 3.63) is 39.2 Å². The van der Waals surface area contributed by atoms with E-state index in [1.54, 1.807) is 0 Å². The van der Waals surface area contributed by atoms with Crippen LogP contribution in [0.15, 0.2) is 6.07 Å². The smallest absolute Gasteiger partial charge is 0.344 e. The van der Waals surface area contributed by atoms with Crippen LogP contribution in [0.25, 0.3) is 0 Å². The molecular weight excluding hydrogens is 219 g/mol. The Hall–Kier alpha value is -2.12. The Labute approximate surface area is 79.9 Å². The molecule has 0 saturated carbocycles. The Kier molecular flexibility index (Phi) is 2.60. The van der Waals surface area contributed by atoms with Crippen LogP contribution in [0, 0.1) is 27.6 Å². The molecule has 0 bridgehead atoms. The molecule has 80 valence electrons. The van der Waals surface area contributed by atoms with Gasteiger partial charge in [-0.1, -0.05) is 0 Å². The summed E-state index contributed by atoms with van der Waals surface area (Å²) in [6, 6.07) is 0.0417. The van der Waals surface area contributed by atoms with Gasteiger partial charge in [-0.25, -0.2) is 9.18 Å². The highest BCUT2D eigenvalue weighted by Crippen LogP contribution is 2.26. The van der Waals surface area contributed by atoms with E-state index in [1.807, 2.05) is 0 Å². The minimum atomic E-state index is -2.03. The first-order valence-electron chi connectivity index (χ1n) is 3.41. The van der Waals surface area contributed by atoms with E-state index in [0.29, 0.717) is 0 Å². The molecule has 1 N–H and O–H groups in total. The molecular formula is C7H2F3NO4. The van der Waals surface area contributed by atoms with E-state index in [-0.39, 0.29) is 6.07 Å². The lowest BCUT2D eigenvalue weighted by Gasteiger charge is -2.00. The number of aromatic carboxylic acids is 1. The Bertz CT molecular complexity index is 460. The van der Waals surface area contributed by atoms with E-state index < -0.39 is 39.6 Å². The third kappa shape index (κ3) is 1.73. The summed E-state index contributed by atoms with van der Waals surface area (Å²) in [4.78, 5) is 18.9. The minimum Gasteiger partial charge on any atom is -0.478 e. The van der Waals surface area contributed by atoms with Crippen LogP contribution in [-0.4, -0.2) is 16.0 Å². The van der Waals surface area contributed by atoms with Crippen molar-refractivity contribution >= 4 is 11.7 Å². The van der Waals surface area contributed by atoms with Gasteiger partial charge >= 0.3 is 11.7 Å². The molecule has 0 saturated heterocycles. The second kappa shape index (κ2) is 3.56. The van der Waals surface area contributed by atoms with Crippen molar-refractivity contribution in [2.75, 3.05) is 0 Å². The first-order valence-corrected chi connectivity index (χ1v) is 3.41. The Morgan fingerprint density at radius 3 is 2.27 bits per heavy atom. The molecule has 0 heterocycles. The molecule has 1 rings (SSSR count). The first-order chi connectivity index (χ1) is 6.86. The van der Waals surface area contributed by atoms with Crippen LogP contribution in [0.1, 0.15) is 10.4 Å². The van der Waals surface area contributed by atoms with Crippen molar-refractivity contribution in [2.24, 2.45) is 0 Å². The number of halogens is 3. The standard InChI is InChI=1S/C7H2F3NO4/c8-3-1-2(7(12)13)4(9)6(5(3)10)11(14)15/h1H,(H,12,13). The summed E-state index contributed by atoms with van der Waals surface area (Å²) in [5.41, 5.74) is -3.10. The fraction of sp³-hybridized carbons (Fsp3) is 0. The molecule has 8 heteroatoms. The lowest BCUT2D eigenvalue weighted by Crippen LogP contribution is -2.08. The predicted molar refractivity (Wildman–Crippen MR) is 39.9 cm³/mol. The van der Waals surface area contributed by atoms with Gasteiger partial charge in [0.2, 0.25) is 11.6 Å². The van der Waals surface area contributed by atoms with Gasteiger partial charge in [0.25, 0.3) is 0 Å². The number of rotatable bonds is 2. The monoisotopic (exact) mass is 221 g/mol. The molecule has 0 aliphatic carbocycles. The van der Waals surface area contributed by atoms with Crippen molar-refractivity contribution in [1.29, 1.82) is 0 Å². The quantitative estimate of drug-likeness (QED) is 0.468. The zero-order valence-corrected chi connectivity index (χ0v) is 6.83. The molecule has 0 aliphatic heterocycles. The van der Waals surface area contributed by atoms with Crippen LogP contribution in [-0.2, 0) is 0 Å². The average molecular weight is 221 g/mol. The molecule has 1 aromatic rings. The molecule has 0 fully saturated rings. The van der Waals surface area contributed by atoms with Crippen LogP contribution in [0.4, 0.5) is 18.9 Å². The summed E-state index contributed by atoms with van der Waals surface area (Å²) in [6.07, 6.45) is 0. The van der Waals surface area contributed by atoms with Gasteiger partial charge in [-0.15, -0.1) is 0 Å². The van der Waals surface area contributed by atoms with Gasteiger partial charge in [-0.3, -0.25) is 10.1 Å². The number of nitro groups is 1.